The van der Waals surface area contributed by atoms with Gasteiger partial charge in [0.15, 0.2) is 0 Å². The van der Waals surface area contributed by atoms with Crippen LogP contribution in [0.25, 0.3) is 0 Å². The van der Waals surface area contributed by atoms with Crippen molar-refractivity contribution in [1.29, 1.82) is 0 Å². The van der Waals surface area contributed by atoms with Gasteiger partial charge in [0.25, 0.3) is 0 Å². The molecule has 1 aliphatic carbocycles. The number of rotatable bonds is 2. The van der Waals surface area contributed by atoms with Crippen LogP contribution in [0.1, 0.15) is 37.3 Å². The lowest BCUT2D eigenvalue weighted by molar-refractivity contribution is -0.142. The molecule has 1 heterocycles. The molecule has 0 saturated heterocycles. The van der Waals surface area contributed by atoms with E-state index < -0.39 is 5.97 Å². The Morgan fingerprint density at radius 3 is 2.60 bits per heavy atom. The number of carbonyl (C=O) groups is 1. The summed E-state index contributed by atoms with van der Waals surface area (Å²) in [5, 5.41) is 8.87. The van der Waals surface area contributed by atoms with Crippen LogP contribution in [0.4, 0.5) is 0 Å². The van der Waals surface area contributed by atoms with Crippen molar-refractivity contribution in [1.82, 2.24) is 9.97 Å². The largest absolute Gasteiger partial charge is 0.481 e. The van der Waals surface area contributed by atoms with Gasteiger partial charge in [-0.25, -0.2) is 9.97 Å². The summed E-state index contributed by atoms with van der Waals surface area (Å²) in [5.74, 6) is -0.386. The van der Waals surface area contributed by atoms with Gasteiger partial charge < -0.3 is 5.11 Å². The van der Waals surface area contributed by atoms with Gasteiger partial charge in [0.2, 0.25) is 0 Å². The molecule has 2 rings (SSSR count). The Morgan fingerprint density at radius 2 is 2.07 bits per heavy atom. The van der Waals surface area contributed by atoms with Crippen molar-refractivity contribution in [3.63, 3.8) is 0 Å². The summed E-state index contributed by atoms with van der Waals surface area (Å²) < 4.78 is 0. The maximum atomic E-state index is 10.8. The predicted molar refractivity (Wildman–Crippen MR) is 54.4 cm³/mol. The fraction of sp³-hybridized carbons (Fsp3) is 0.545. The highest BCUT2D eigenvalue weighted by Crippen LogP contribution is 2.34. The molecular weight excluding hydrogens is 192 g/mol. The third-order valence-corrected chi connectivity index (χ3v) is 3.10. The summed E-state index contributed by atoms with van der Waals surface area (Å²) in [6.45, 7) is 0. The Morgan fingerprint density at radius 1 is 1.33 bits per heavy atom. The van der Waals surface area contributed by atoms with Crippen LogP contribution in [-0.4, -0.2) is 21.0 Å². The molecular formula is C11H14N2O2. The van der Waals surface area contributed by atoms with Gasteiger partial charge in [0.05, 0.1) is 5.92 Å². The minimum Gasteiger partial charge on any atom is -0.481 e. The number of aliphatic carboxylic acids is 1. The third kappa shape index (κ3) is 2.32. The molecule has 1 aliphatic rings. The Kier molecular flexibility index (Phi) is 2.94. The van der Waals surface area contributed by atoms with E-state index in [-0.39, 0.29) is 5.92 Å². The standard InChI is InChI=1S/C11H14N2O2/c14-11(15)9-3-1-8(2-4-9)10-5-6-12-7-13-10/h5-9H,1-4H2,(H,14,15). The van der Waals surface area contributed by atoms with E-state index in [9.17, 15) is 4.79 Å². The highest BCUT2D eigenvalue weighted by molar-refractivity contribution is 5.70. The first-order chi connectivity index (χ1) is 7.27. The number of hydrogen-bond donors (Lipinski definition) is 1. The lowest BCUT2D eigenvalue weighted by Crippen LogP contribution is -2.20. The SMILES string of the molecule is O=C(O)C1CCC(c2ccncn2)CC1. The van der Waals surface area contributed by atoms with E-state index in [1.165, 1.54) is 0 Å². The van der Waals surface area contributed by atoms with Crippen molar-refractivity contribution in [3.05, 3.63) is 24.3 Å². The monoisotopic (exact) mass is 206 g/mol. The Balaban J connectivity index is 1.97. The van der Waals surface area contributed by atoms with E-state index in [2.05, 4.69) is 9.97 Å². The van der Waals surface area contributed by atoms with Crippen LogP contribution in [0.2, 0.25) is 0 Å². The lowest BCUT2D eigenvalue weighted by Gasteiger charge is -2.25. The molecule has 0 unspecified atom stereocenters. The van der Waals surface area contributed by atoms with Crippen molar-refractivity contribution >= 4 is 5.97 Å². The normalized spacial score (nSPS) is 26.1. The zero-order chi connectivity index (χ0) is 10.7. The molecule has 0 spiro atoms. The van der Waals surface area contributed by atoms with Gasteiger partial charge in [-0.3, -0.25) is 4.79 Å². The van der Waals surface area contributed by atoms with Crippen molar-refractivity contribution in [2.45, 2.75) is 31.6 Å². The van der Waals surface area contributed by atoms with Gasteiger partial charge in [-0.05, 0) is 31.7 Å². The molecule has 0 atom stereocenters. The Bertz CT molecular complexity index is 332. The molecule has 1 fully saturated rings. The van der Waals surface area contributed by atoms with E-state index in [1.54, 1.807) is 12.5 Å². The zero-order valence-corrected chi connectivity index (χ0v) is 8.47. The van der Waals surface area contributed by atoms with Crippen LogP contribution < -0.4 is 0 Å². The molecule has 1 aromatic rings. The van der Waals surface area contributed by atoms with Crippen LogP contribution in [0.15, 0.2) is 18.6 Å². The smallest absolute Gasteiger partial charge is 0.306 e. The van der Waals surface area contributed by atoms with E-state index >= 15 is 0 Å². The predicted octanol–water partition coefficient (Wildman–Crippen LogP) is 1.83. The lowest BCUT2D eigenvalue weighted by atomic mass is 9.80. The number of hydrogen-bond acceptors (Lipinski definition) is 3. The summed E-state index contributed by atoms with van der Waals surface area (Å²) in [4.78, 5) is 18.9. The molecule has 0 aromatic carbocycles. The second kappa shape index (κ2) is 4.38. The molecule has 0 aliphatic heterocycles. The molecule has 0 amide bonds. The summed E-state index contributed by atoms with van der Waals surface area (Å²) in [5.41, 5.74) is 1.05. The molecule has 4 heteroatoms. The minimum absolute atomic E-state index is 0.150. The van der Waals surface area contributed by atoms with Crippen LogP contribution >= 0.6 is 0 Å². The summed E-state index contributed by atoms with van der Waals surface area (Å²) in [6, 6.07) is 1.92. The number of aromatic nitrogens is 2. The van der Waals surface area contributed by atoms with Gasteiger partial charge in [-0.15, -0.1) is 0 Å². The molecule has 1 N–H and O–H groups in total. The number of nitrogens with zero attached hydrogens (tertiary/aromatic N) is 2. The van der Waals surface area contributed by atoms with Gasteiger partial charge in [0, 0.05) is 17.8 Å². The third-order valence-electron chi connectivity index (χ3n) is 3.10. The average molecular weight is 206 g/mol. The quantitative estimate of drug-likeness (QED) is 0.801. The summed E-state index contributed by atoms with van der Waals surface area (Å²) in [7, 11) is 0. The molecule has 0 radical (unpaired) electrons. The number of carboxylic acids is 1. The van der Waals surface area contributed by atoms with Crippen molar-refractivity contribution < 1.29 is 9.90 Å². The minimum atomic E-state index is -0.656. The maximum absolute atomic E-state index is 10.8. The highest BCUT2D eigenvalue weighted by Gasteiger charge is 2.27. The Labute approximate surface area is 88.4 Å². The molecule has 15 heavy (non-hydrogen) atoms. The van der Waals surface area contributed by atoms with Crippen molar-refractivity contribution in [2.24, 2.45) is 5.92 Å². The van der Waals surface area contributed by atoms with Crippen LogP contribution in [0.3, 0.4) is 0 Å². The summed E-state index contributed by atoms with van der Waals surface area (Å²) >= 11 is 0. The highest BCUT2D eigenvalue weighted by atomic mass is 16.4. The topological polar surface area (TPSA) is 63.1 Å². The maximum Gasteiger partial charge on any atom is 0.306 e. The molecule has 1 aromatic heterocycles. The molecule has 1 saturated carbocycles. The van der Waals surface area contributed by atoms with Crippen molar-refractivity contribution in [3.8, 4) is 0 Å². The fourth-order valence-corrected chi connectivity index (χ4v) is 2.18. The molecule has 4 nitrogen and oxygen atoms in total. The summed E-state index contributed by atoms with van der Waals surface area (Å²) in [6.07, 6.45) is 6.68. The van der Waals surface area contributed by atoms with Crippen LogP contribution in [-0.2, 0) is 4.79 Å². The van der Waals surface area contributed by atoms with Crippen molar-refractivity contribution in [2.75, 3.05) is 0 Å². The molecule has 0 bridgehead atoms. The number of carboxylic acid groups (broad SMARTS) is 1. The average Bonchev–Trinajstić information content (AvgIpc) is 2.30. The van der Waals surface area contributed by atoms with Crippen LogP contribution in [0, 0.1) is 5.92 Å². The second-order valence-electron chi connectivity index (χ2n) is 4.02. The zero-order valence-electron chi connectivity index (χ0n) is 8.47. The van der Waals surface area contributed by atoms with Crippen LogP contribution in [0.5, 0.6) is 0 Å². The van der Waals surface area contributed by atoms with E-state index in [0.29, 0.717) is 5.92 Å². The van der Waals surface area contributed by atoms with Gasteiger partial charge in [-0.1, -0.05) is 0 Å². The van der Waals surface area contributed by atoms with E-state index in [4.69, 9.17) is 5.11 Å². The van der Waals surface area contributed by atoms with Gasteiger partial charge in [0.1, 0.15) is 6.33 Å². The van der Waals surface area contributed by atoms with E-state index in [0.717, 1.165) is 31.4 Å². The Hall–Kier alpha value is -1.45. The van der Waals surface area contributed by atoms with Gasteiger partial charge in [-0.2, -0.15) is 0 Å². The first kappa shape index (κ1) is 10.1. The fourth-order valence-electron chi connectivity index (χ4n) is 2.18. The first-order valence-corrected chi connectivity index (χ1v) is 5.26. The van der Waals surface area contributed by atoms with Gasteiger partial charge >= 0.3 is 5.97 Å². The molecule has 80 valence electrons. The van der Waals surface area contributed by atoms with E-state index in [1.807, 2.05) is 6.07 Å². The second-order valence-corrected chi connectivity index (χ2v) is 4.02. The first-order valence-electron chi connectivity index (χ1n) is 5.26.